The van der Waals surface area contributed by atoms with E-state index in [9.17, 15) is 19.7 Å². The second kappa shape index (κ2) is 6.78. The van der Waals surface area contributed by atoms with Gasteiger partial charge in [0.1, 0.15) is 12.3 Å². The summed E-state index contributed by atoms with van der Waals surface area (Å²) in [6.07, 6.45) is 0. The Kier molecular flexibility index (Phi) is 4.53. The van der Waals surface area contributed by atoms with E-state index in [1.807, 2.05) is 0 Å². The summed E-state index contributed by atoms with van der Waals surface area (Å²) in [5.41, 5.74) is 0.520. The van der Waals surface area contributed by atoms with Crippen molar-refractivity contribution < 1.29 is 19.2 Å². The van der Waals surface area contributed by atoms with Crippen LogP contribution in [-0.2, 0) is 9.59 Å². The Labute approximate surface area is 147 Å². The van der Waals surface area contributed by atoms with Crippen LogP contribution in [0.15, 0.2) is 42.5 Å². The topological polar surface area (TPSA) is 102 Å². The minimum Gasteiger partial charge on any atom is -0.482 e. The number of non-ortho nitro benzene ring substituents is 1. The van der Waals surface area contributed by atoms with Gasteiger partial charge < -0.3 is 10.1 Å². The summed E-state index contributed by atoms with van der Waals surface area (Å²) in [6.45, 7) is -0.530. The lowest BCUT2D eigenvalue weighted by Gasteiger charge is -2.28. The molecule has 2 aromatic rings. The molecule has 0 unspecified atom stereocenters. The number of anilines is 2. The van der Waals surface area contributed by atoms with E-state index in [0.29, 0.717) is 16.5 Å². The molecule has 0 atom stereocenters. The number of nitro groups is 1. The number of nitrogens with one attached hydrogen (secondary N) is 1. The molecule has 0 bridgehead atoms. The highest BCUT2D eigenvalue weighted by Crippen LogP contribution is 2.35. The van der Waals surface area contributed by atoms with Gasteiger partial charge in [-0.05, 0) is 30.3 Å². The number of hydrogen-bond acceptors (Lipinski definition) is 5. The number of hydrogen-bond donors (Lipinski definition) is 1. The maximum atomic E-state index is 12.2. The number of amides is 2. The van der Waals surface area contributed by atoms with Gasteiger partial charge in [-0.1, -0.05) is 11.6 Å². The molecule has 1 heterocycles. The fourth-order valence-corrected chi connectivity index (χ4v) is 2.48. The summed E-state index contributed by atoms with van der Waals surface area (Å²) < 4.78 is 5.25. The van der Waals surface area contributed by atoms with Crippen LogP contribution in [0.3, 0.4) is 0 Å². The quantitative estimate of drug-likeness (QED) is 0.666. The first-order valence-electron chi connectivity index (χ1n) is 7.21. The molecule has 2 amide bonds. The summed E-state index contributed by atoms with van der Waals surface area (Å²) in [4.78, 5) is 35.9. The third-order valence-electron chi connectivity index (χ3n) is 3.53. The third-order valence-corrected chi connectivity index (χ3v) is 3.78. The molecule has 0 aliphatic carbocycles. The van der Waals surface area contributed by atoms with E-state index in [2.05, 4.69) is 5.32 Å². The first kappa shape index (κ1) is 16.7. The summed E-state index contributed by atoms with van der Waals surface area (Å²) >= 11 is 5.79. The molecule has 0 fully saturated rings. The van der Waals surface area contributed by atoms with Crippen LogP contribution >= 0.6 is 11.6 Å². The summed E-state index contributed by atoms with van der Waals surface area (Å²) in [7, 11) is 0. The number of carbonyl (C=O) groups is 2. The largest absolute Gasteiger partial charge is 0.482 e. The molecule has 0 spiro atoms. The molecule has 2 aromatic carbocycles. The zero-order valence-corrected chi connectivity index (χ0v) is 13.5. The van der Waals surface area contributed by atoms with Crippen LogP contribution in [0.5, 0.6) is 5.75 Å². The average molecular weight is 362 g/mol. The van der Waals surface area contributed by atoms with Crippen molar-refractivity contribution in [2.75, 3.05) is 23.4 Å². The number of ether oxygens (including phenoxy) is 1. The monoisotopic (exact) mass is 361 g/mol. The molecule has 1 aliphatic heterocycles. The lowest BCUT2D eigenvalue weighted by molar-refractivity contribution is -0.384. The molecule has 0 radical (unpaired) electrons. The molecule has 9 heteroatoms. The third kappa shape index (κ3) is 3.69. The second-order valence-electron chi connectivity index (χ2n) is 5.23. The summed E-state index contributed by atoms with van der Waals surface area (Å²) in [6, 6.07) is 10.4. The lowest BCUT2D eigenvalue weighted by Crippen LogP contribution is -2.43. The first-order chi connectivity index (χ1) is 11.9. The number of benzene rings is 2. The molecule has 25 heavy (non-hydrogen) atoms. The van der Waals surface area contributed by atoms with Crippen LogP contribution in [0.4, 0.5) is 17.1 Å². The Hall–Kier alpha value is -3.13. The van der Waals surface area contributed by atoms with Gasteiger partial charge in [0.2, 0.25) is 5.91 Å². The van der Waals surface area contributed by atoms with E-state index < -0.39 is 16.7 Å². The van der Waals surface area contributed by atoms with Crippen LogP contribution in [0.1, 0.15) is 0 Å². The maximum Gasteiger partial charge on any atom is 0.271 e. The fraction of sp³-hybridized carbons (Fsp3) is 0.125. The van der Waals surface area contributed by atoms with Gasteiger partial charge in [0.05, 0.1) is 10.6 Å². The zero-order chi connectivity index (χ0) is 18.0. The standard InChI is InChI=1S/C16H12ClN3O5/c17-10-1-3-11(4-2-10)18-15(21)8-19-13-7-12(20(23)24)5-6-14(13)25-9-16(19)22/h1-7H,8-9H2,(H,18,21). The Morgan fingerprint density at radius 3 is 2.68 bits per heavy atom. The number of nitrogens with zero attached hydrogens (tertiary/aromatic N) is 2. The number of fused-ring (bicyclic) bond motifs is 1. The molecule has 3 rings (SSSR count). The number of halogens is 1. The van der Waals surface area contributed by atoms with Gasteiger partial charge in [0, 0.05) is 22.8 Å². The highest BCUT2D eigenvalue weighted by molar-refractivity contribution is 6.30. The van der Waals surface area contributed by atoms with E-state index in [-0.39, 0.29) is 24.5 Å². The van der Waals surface area contributed by atoms with Gasteiger partial charge in [0.15, 0.2) is 6.61 Å². The molecule has 128 valence electrons. The first-order valence-corrected chi connectivity index (χ1v) is 7.59. The normalized spacial score (nSPS) is 13.0. The fourth-order valence-electron chi connectivity index (χ4n) is 2.35. The molecule has 0 aromatic heterocycles. The van der Waals surface area contributed by atoms with Crippen molar-refractivity contribution in [1.29, 1.82) is 0 Å². The minimum absolute atomic E-state index is 0.191. The highest BCUT2D eigenvalue weighted by atomic mass is 35.5. The van der Waals surface area contributed by atoms with Crippen molar-refractivity contribution in [3.63, 3.8) is 0 Å². The molecule has 8 nitrogen and oxygen atoms in total. The van der Waals surface area contributed by atoms with Gasteiger partial charge in [0.25, 0.3) is 11.6 Å². The zero-order valence-electron chi connectivity index (χ0n) is 12.8. The van der Waals surface area contributed by atoms with Crippen molar-refractivity contribution in [2.24, 2.45) is 0 Å². The Bertz CT molecular complexity index is 853. The molecular weight excluding hydrogens is 350 g/mol. The summed E-state index contributed by atoms with van der Waals surface area (Å²) in [5, 5.41) is 14.1. The van der Waals surface area contributed by atoms with Crippen LogP contribution in [-0.4, -0.2) is 29.9 Å². The van der Waals surface area contributed by atoms with E-state index >= 15 is 0 Å². The van der Waals surface area contributed by atoms with Crippen LogP contribution in [0, 0.1) is 10.1 Å². The highest BCUT2D eigenvalue weighted by Gasteiger charge is 2.29. The van der Waals surface area contributed by atoms with Crippen molar-refractivity contribution in [3.8, 4) is 5.75 Å². The maximum absolute atomic E-state index is 12.2. The minimum atomic E-state index is -0.578. The van der Waals surface area contributed by atoms with Crippen molar-refractivity contribution in [3.05, 3.63) is 57.6 Å². The molecule has 0 saturated heterocycles. The van der Waals surface area contributed by atoms with Crippen molar-refractivity contribution in [1.82, 2.24) is 0 Å². The predicted molar refractivity (Wildman–Crippen MR) is 91.0 cm³/mol. The lowest BCUT2D eigenvalue weighted by atomic mass is 10.2. The number of carbonyl (C=O) groups excluding carboxylic acids is 2. The SMILES string of the molecule is O=C(CN1C(=O)COc2ccc([N+](=O)[O-])cc21)Nc1ccc(Cl)cc1. The smallest absolute Gasteiger partial charge is 0.271 e. The van der Waals surface area contributed by atoms with Gasteiger partial charge in [-0.25, -0.2) is 0 Å². The van der Waals surface area contributed by atoms with E-state index in [0.717, 1.165) is 4.90 Å². The average Bonchev–Trinajstić information content (AvgIpc) is 2.59. The number of nitro benzene ring substituents is 1. The van der Waals surface area contributed by atoms with Gasteiger partial charge >= 0.3 is 0 Å². The van der Waals surface area contributed by atoms with Crippen LogP contribution < -0.4 is 15.0 Å². The van der Waals surface area contributed by atoms with Gasteiger partial charge in [-0.2, -0.15) is 0 Å². The Morgan fingerprint density at radius 2 is 2.00 bits per heavy atom. The molecular formula is C16H12ClN3O5. The summed E-state index contributed by atoms with van der Waals surface area (Å²) in [5.74, 6) is -0.598. The molecule has 1 N–H and O–H groups in total. The second-order valence-corrected chi connectivity index (χ2v) is 5.67. The van der Waals surface area contributed by atoms with E-state index in [1.54, 1.807) is 24.3 Å². The van der Waals surface area contributed by atoms with Crippen LogP contribution in [0.25, 0.3) is 0 Å². The predicted octanol–water partition coefficient (Wildman–Crippen LogP) is 2.61. The van der Waals surface area contributed by atoms with Gasteiger partial charge in [-0.15, -0.1) is 0 Å². The van der Waals surface area contributed by atoms with Crippen molar-refractivity contribution in [2.45, 2.75) is 0 Å². The van der Waals surface area contributed by atoms with E-state index in [1.165, 1.54) is 18.2 Å². The molecule has 1 aliphatic rings. The Balaban J connectivity index is 1.81. The Morgan fingerprint density at radius 1 is 1.28 bits per heavy atom. The van der Waals surface area contributed by atoms with Crippen LogP contribution in [0.2, 0.25) is 5.02 Å². The van der Waals surface area contributed by atoms with Crippen molar-refractivity contribution >= 4 is 40.5 Å². The number of rotatable bonds is 4. The van der Waals surface area contributed by atoms with Gasteiger partial charge in [-0.3, -0.25) is 24.6 Å². The molecule has 0 saturated carbocycles. The van der Waals surface area contributed by atoms with E-state index in [4.69, 9.17) is 16.3 Å².